The maximum absolute atomic E-state index is 12.6. The van der Waals surface area contributed by atoms with Crippen molar-refractivity contribution in [2.45, 2.75) is 24.8 Å². The first kappa shape index (κ1) is 17.4. The van der Waals surface area contributed by atoms with Crippen LogP contribution in [-0.4, -0.2) is 31.6 Å². The van der Waals surface area contributed by atoms with Gasteiger partial charge in [-0.3, -0.25) is 11.3 Å². The molecule has 8 heteroatoms. The topological polar surface area (TPSA) is 47.3 Å². The van der Waals surface area contributed by atoms with Crippen LogP contribution in [0, 0.1) is 0 Å². The lowest BCUT2D eigenvalue weighted by molar-refractivity contribution is -0.167. The van der Waals surface area contributed by atoms with Crippen molar-refractivity contribution in [2.75, 3.05) is 13.2 Å². The molecule has 0 spiro atoms. The van der Waals surface area contributed by atoms with E-state index >= 15 is 0 Å². The maximum atomic E-state index is 12.6. The van der Waals surface area contributed by atoms with Gasteiger partial charge in [-0.1, -0.05) is 28.1 Å². The smallest absolute Gasteiger partial charge is 0.330 e. The SMILES string of the molecule is NNC(COCC(F)(F)C(F)F)Cc1ccc(Br)cc1. The molecule has 20 heavy (non-hydrogen) atoms. The van der Waals surface area contributed by atoms with Crippen molar-refractivity contribution in [1.82, 2.24) is 5.43 Å². The first-order chi connectivity index (χ1) is 9.35. The van der Waals surface area contributed by atoms with E-state index in [4.69, 9.17) is 5.84 Å². The molecule has 0 saturated carbocycles. The van der Waals surface area contributed by atoms with E-state index in [2.05, 4.69) is 26.1 Å². The summed E-state index contributed by atoms with van der Waals surface area (Å²) < 4.78 is 54.7. The van der Waals surface area contributed by atoms with Crippen LogP contribution in [0.25, 0.3) is 0 Å². The fourth-order valence-electron chi connectivity index (χ4n) is 1.47. The highest BCUT2D eigenvalue weighted by molar-refractivity contribution is 9.10. The average Bonchev–Trinajstić information content (AvgIpc) is 2.39. The molecule has 1 rings (SSSR count). The van der Waals surface area contributed by atoms with E-state index in [1.54, 1.807) is 0 Å². The molecule has 0 aliphatic carbocycles. The number of benzene rings is 1. The van der Waals surface area contributed by atoms with Crippen molar-refractivity contribution < 1.29 is 22.3 Å². The van der Waals surface area contributed by atoms with Crippen LogP contribution in [0.4, 0.5) is 17.6 Å². The van der Waals surface area contributed by atoms with Crippen LogP contribution in [-0.2, 0) is 11.2 Å². The van der Waals surface area contributed by atoms with Gasteiger partial charge in [-0.25, -0.2) is 8.78 Å². The molecule has 0 aromatic heterocycles. The summed E-state index contributed by atoms with van der Waals surface area (Å²) >= 11 is 3.29. The number of alkyl halides is 4. The second kappa shape index (κ2) is 7.92. The molecule has 1 unspecified atom stereocenters. The molecule has 0 fully saturated rings. The van der Waals surface area contributed by atoms with E-state index in [-0.39, 0.29) is 6.61 Å². The van der Waals surface area contributed by atoms with Gasteiger partial charge >= 0.3 is 12.3 Å². The highest BCUT2D eigenvalue weighted by atomic mass is 79.9. The molecule has 0 heterocycles. The molecule has 1 aromatic carbocycles. The summed E-state index contributed by atoms with van der Waals surface area (Å²) in [5, 5.41) is 0. The van der Waals surface area contributed by atoms with Gasteiger partial charge in [0.15, 0.2) is 0 Å². The van der Waals surface area contributed by atoms with E-state index in [0.29, 0.717) is 6.42 Å². The monoisotopic (exact) mass is 358 g/mol. The number of nitrogens with two attached hydrogens (primary N) is 1. The average molecular weight is 359 g/mol. The Hall–Kier alpha value is -0.700. The van der Waals surface area contributed by atoms with Crippen LogP contribution in [0.2, 0.25) is 0 Å². The van der Waals surface area contributed by atoms with Crippen molar-refractivity contribution in [1.29, 1.82) is 0 Å². The predicted octanol–water partition coefficient (Wildman–Crippen LogP) is 2.74. The van der Waals surface area contributed by atoms with Gasteiger partial charge in [0.05, 0.1) is 6.61 Å². The van der Waals surface area contributed by atoms with E-state index in [9.17, 15) is 17.6 Å². The third kappa shape index (κ3) is 5.74. The van der Waals surface area contributed by atoms with Crippen LogP contribution in [0.15, 0.2) is 28.7 Å². The van der Waals surface area contributed by atoms with Gasteiger partial charge in [-0.15, -0.1) is 0 Å². The molecule has 0 radical (unpaired) electrons. The maximum Gasteiger partial charge on any atom is 0.330 e. The van der Waals surface area contributed by atoms with Crippen molar-refractivity contribution >= 4 is 15.9 Å². The summed E-state index contributed by atoms with van der Waals surface area (Å²) in [6, 6.07) is 6.89. The summed E-state index contributed by atoms with van der Waals surface area (Å²) in [6.07, 6.45) is -3.30. The molecule has 3 nitrogen and oxygen atoms in total. The summed E-state index contributed by atoms with van der Waals surface area (Å²) in [7, 11) is 0. The Kier molecular flexibility index (Phi) is 6.87. The van der Waals surface area contributed by atoms with Gasteiger partial charge in [0.2, 0.25) is 0 Å². The van der Waals surface area contributed by atoms with Gasteiger partial charge in [0.25, 0.3) is 0 Å². The number of halogens is 5. The van der Waals surface area contributed by atoms with Crippen molar-refractivity contribution in [2.24, 2.45) is 5.84 Å². The summed E-state index contributed by atoms with van der Waals surface area (Å²) in [5.74, 6) is 1.14. The molecule has 1 aromatic rings. The minimum Gasteiger partial charge on any atom is -0.373 e. The molecule has 0 amide bonds. The second-order valence-electron chi connectivity index (χ2n) is 4.27. The second-order valence-corrected chi connectivity index (χ2v) is 5.19. The highest BCUT2D eigenvalue weighted by Gasteiger charge is 2.41. The van der Waals surface area contributed by atoms with Crippen LogP contribution >= 0.6 is 15.9 Å². The molecule has 3 N–H and O–H groups in total. The van der Waals surface area contributed by atoms with Crippen molar-refractivity contribution in [3.8, 4) is 0 Å². The number of rotatable bonds is 8. The number of hydrazine groups is 1. The number of ether oxygens (including phenoxy) is 1. The number of hydrogen-bond donors (Lipinski definition) is 2. The molecule has 1 atom stereocenters. The Morgan fingerprint density at radius 1 is 1.25 bits per heavy atom. The zero-order valence-electron chi connectivity index (χ0n) is 10.5. The molecular weight excluding hydrogens is 344 g/mol. The van der Waals surface area contributed by atoms with Gasteiger partial charge < -0.3 is 4.74 Å². The molecule has 0 saturated heterocycles. The van der Waals surface area contributed by atoms with Crippen molar-refractivity contribution in [3.63, 3.8) is 0 Å². The zero-order valence-corrected chi connectivity index (χ0v) is 12.0. The third-order valence-electron chi connectivity index (χ3n) is 2.56. The summed E-state index contributed by atoms with van der Waals surface area (Å²) in [6.45, 7) is -1.52. The quantitative estimate of drug-likeness (QED) is 0.426. The molecule has 114 valence electrons. The van der Waals surface area contributed by atoms with Crippen LogP contribution in [0.3, 0.4) is 0 Å². The van der Waals surface area contributed by atoms with Crippen LogP contribution < -0.4 is 11.3 Å². The Balaban J connectivity index is 2.42. The number of hydrogen-bond acceptors (Lipinski definition) is 3. The van der Waals surface area contributed by atoms with E-state index in [0.717, 1.165) is 10.0 Å². The minimum absolute atomic E-state index is 0.186. The van der Waals surface area contributed by atoms with E-state index < -0.39 is 25.0 Å². The number of nitrogens with one attached hydrogen (secondary N) is 1. The van der Waals surface area contributed by atoms with Crippen LogP contribution in [0.1, 0.15) is 5.56 Å². The van der Waals surface area contributed by atoms with Crippen LogP contribution in [0.5, 0.6) is 0 Å². The summed E-state index contributed by atoms with van der Waals surface area (Å²) in [4.78, 5) is 0. The molecule has 0 bridgehead atoms. The first-order valence-corrected chi connectivity index (χ1v) is 6.58. The van der Waals surface area contributed by atoms with Gasteiger partial charge in [-0.05, 0) is 24.1 Å². The standard InChI is InChI=1S/C12H15BrF4N2O/c13-9-3-1-8(2-4-9)5-10(19-18)6-20-7-12(16,17)11(14)15/h1-4,10-11,19H,5-7,18H2. The molecule has 0 aliphatic rings. The largest absolute Gasteiger partial charge is 0.373 e. The van der Waals surface area contributed by atoms with E-state index in [1.165, 1.54) is 0 Å². The Bertz CT molecular complexity index is 403. The Morgan fingerprint density at radius 2 is 1.85 bits per heavy atom. The predicted molar refractivity (Wildman–Crippen MR) is 70.7 cm³/mol. The lowest BCUT2D eigenvalue weighted by Gasteiger charge is -2.19. The minimum atomic E-state index is -4.14. The highest BCUT2D eigenvalue weighted by Crippen LogP contribution is 2.23. The van der Waals surface area contributed by atoms with Gasteiger partial charge in [0, 0.05) is 10.5 Å². The zero-order chi connectivity index (χ0) is 15.2. The third-order valence-corrected chi connectivity index (χ3v) is 3.09. The van der Waals surface area contributed by atoms with Crippen molar-refractivity contribution in [3.05, 3.63) is 34.3 Å². The fraction of sp³-hybridized carbons (Fsp3) is 0.500. The molecule has 0 aliphatic heterocycles. The lowest BCUT2D eigenvalue weighted by Crippen LogP contribution is -2.42. The van der Waals surface area contributed by atoms with E-state index in [1.807, 2.05) is 24.3 Å². The van der Waals surface area contributed by atoms with Gasteiger partial charge in [-0.2, -0.15) is 8.78 Å². The molecular formula is C12H15BrF4N2O. The fourth-order valence-corrected chi connectivity index (χ4v) is 1.74. The lowest BCUT2D eigenvalue weighted by atomic mass is 10.1. The first-order valence-electron chi connectivity index (χ1n) is 5.79. The Morgan fingerprint density at radius 3 is 2.35 bits per heavy atom. The van der Waals surface area contributed by atoms with Gasteiger partial charge in [0.1, 0.15) is 6.61 Å². The normalized spacial score (nSPS) is 13.8. The Labute approximate surface area is 122 Å². The summed E-state index contributed by atoms with van der Waals surface area (Å²) in [5.41, 5.74) is 3.33.